The third-order valence-corrected chi connectivity index (χ3v) is 3.74. The molecule has 0 amide bonds. The van der Waals surface area contributed by atoms with Gasteiger partial charge in [0.15, 0.2) is 0 Å². The quantitative estimate of drug-likeness (QED) is 0.796. The van der Waals surface area contributed by atoms with Gasteiger partial charge in [0.1, 0.15) is 0 Å². The summed E-state index contributed by atoms with van der Waals surface area (Å²) in [6, 6.07) is 4.09. The van der Waals surface area contributed by atoms with E-state index in [1.165, 1.54) is 31.2 Å². The molecule has 0 spiro atoms. The summed E-state index contributed by atoms with van der Waals surface area (Å²) in [7, 11) is 0. The van der Waals surface area contributed by atoms with Crippen LogP contribution >= 0.6 is 11.6 Å². The molecule has 3 heteroatoms. The number of alkyl halides is 1. The molecule has 1 aliphatic carbocycles. The highest BCUT2D eigenvalue weighted by molar-refractivity contribution is 6.18. The molecule has 1 aliphatic rings. The largest absolute Gasteiger partial charge is 0.306 e. The molecule has 1 N–H and O–H groups in total. The minimum absolute atomic E-state index is 0.185. The Morgan fingerprint density at radius 1 is 1.27 bits per heavy atom. The summed E-state index contributed by atoms with van der Waals surface area (Å²) in [6.45, 7) is 0.898. The second-order valence-corrected chi connectivity index (χ2v) is 4.60. The van der Waals surface area contributed by atoms with Gasteiger partial charge in [0, 0.05) is 30.4 Å². The number of hydrogen-bond donors (Lipinski definition) is 1. The van der Waals surface area contributed by atoms with Crippen molar-refractivity contribution in [3.63, 3.8) is 0 Å². The van der Waals surface area contributed by atoms with Crippen LogP contribution < -0.4 is 5.32 Å². The molecule has 2 rings (SSSR count). The molecule has 1 heterocycles. The molecule has 1 saturated carbocycles. The lowest BCUT2D eigenvalue weighted by Gasteiger charge is -2.28. The fourth-order valence-electron chi connectivity index (χ4n) is 2.20. The number of pyridine rings is 1. The number of halogens is 1. The molecule has 0 bridgehead atoms. The van der Waals surface area contributed by atoms with Crippen LogP contribution in [0.15, 0.2) is 24.5 Å². The molecular formula is C12H17ClN2. The Hall–Kier alpha value is -0.600. The Morgan fingerprint density at radius 2 is 1.93 bits per heavy atom. The summed E-state index contributed by atoms with van der Waals surface area (Å²) < 4.78 is 0. The Kier molecular flexibility index (Phi) is 3.60. The van der Waals surface area contributed by atoms with Crippen molar-refractivity contribution in [1.82, 2.24) is 10.3 Å². The number of hydrogen-bond acceptors (Lipinski definition) is 2. The highest BCUT2D eigenvalue weighted by Crippen LogP contribution is 2.30. The van der Waals surface area contributed by atoms with Crippen molar-refractivity contribution in [3.05, 3.63) is 30.1 Å². The summed E-state index contributed by atoms with van der Waals surface area (Å²) >= 11 is 6.06. The maximum absolute atomic E-state index is 6.06. The summed E-state index contributed by atoms with van der Waals surface area (Å²) in [5.41, 5.74) is 1.46. The third kappa shape index (κ3) is 2.70. The van der Waals surface area contributed by atoms with Gasteiger partial charge in [-0.15, -0.1) is 11.6 Å². The summed E-state index contributed by atoms with van der Waals surface area (Å²) in [5.74, 6) is 0.720. The second-order valence-electron chi connectivity index (χ2n) is 4.33. The predicted octanol–water partition coefficient (Wildman–Crippen LogP) is 2.72. The molecule has 1 aromatic rings. The predicted molar refractivity (Wildman–Crippen MR) is 63.0 cm³/mol. The summed E-state index contributed by atoms with van der Waals surface area (Å²) in [5, 5.41) is 3.60. The lowest BCUT2D eigenvalue weighted by Crippen LogP contribution is -2.43. The molecular weight excluding hydrogens is 208 g/mol. The SMILES string of the molecule is ClCC1(NCc2ccncc2)CCCC1. The van der Waals surface area contributed by atoms with E-state index in [2.05, 4.69) is 10.3 Å². The van der Waals surface area contributed by atoms with E-state index >= 15 is 0 Å². The number of nitrogens with zero attached hydrogens (tertiary/aromatic N) is 1. The van der Waals surface area contributed by atoms with Crippen LogP contribution in [0, 0.1) is 0 Å². The van der Waals surface area contributed by atoms with Gasteiger partial charge in [-0.25, -0.2) is 0 Å². The van der Waals surface area contributed by atoms with Gasteiger partial charge >= 0.3 is 0 Å². The molecule has 82 valence electrons. The number of aromatic nitrogens is 1. The van der Waals surface area contributed by atoms with E-state index in [0.29, 0.717) is 0 Å². The first kappa shape index (κ1) is 10.9. The van der Waals surface area contributed by atoms with Crippen LogP contribution in [0.25, 0.3) is 0 Å². The summed E-state index contributed by atoms with van der Waals surface area (Å²) in [6.07, 6.45) is 8.69. The maximum atomic E-state index is 6.06. The van der Waals surface area contributed by atoms with E-state index in [1.807, 2.05) is 24.5 Å². The Bertz CT molecular complexity index is 294. The normalized spacial score (nSPS) is 19.3. The van der Waals surface area contributed by atoms with Crippen molar-refractivity contribution in [2.45, 2.75) is 37.8 Å². The minimum Gasteiger partial charge on any atom is -0.306 e. The Labute approximate surface area is 96.1 Å². The average Bonchev–Trinajstić information content (AvgIpc) is 2.77. The number of rotatable bonds is 4. The topological polar surface area (TPSA) is 24.9 Å². The van der Waals surface area contributed by atoms with E-state index in [0.717, 1.165) is 12.4 Å². The van der Waals surface area contributed by atoms with Crippen molar-refractivity contribution in [3.8, 4) is 0 Å². The zero-order valence-electron chi connectivity index (χ0n) is 8.88. The molecule has 2 nitrogen and oxygen atoms in total. The van der Waals surface area contributed by atoms with Crippen molar-refractivity contribution < 1.29 is 0 Å². The second kappa shape index (κ2) is 4.95. The molecule has 0 atom stereocenters. The Balaban J connectivity index is 1.92. The first-order valence-corrected chi connectivity index (χ1v) is 6.08. The molecule has 1 aromatic heterocycles. The van der Waals surface area contributed by atoms with Gasteiger partial charge in [-0.3, -0.25) is 4.98 Å². The smallest absolute Gasteiger partial charge is 0.0406 e. The highest BCUT2D eigenvalue weighted by atomic mass is 35.5. The molecule has 0 saturated heterocycles. The van der Waals surface area contributed by atoms with E-state index in [1.54, 1.807) is 0 Å². The van der Waals surface area contributed by atoms with Crippen LogP contribution in [0.3, 0.4) is 0 Å². The van der Waals surface area contributed by atoms with Crippen molar-refractivity contribution in [2.75, 3.05) is 5.88 Å². The monoisotopic (exact) mass is 224 g/mol. The van der Waals surface area contributed by atoms with E-state index in [4.69, 9.17) is 11.6 Å². The van der Waals surface area contributed by atoms with Crippen LogP contribution in [0.1, 0.15) is 31.2 Å². The van der Waals surface area contributed by atoms with Gasteiger partial charge in [0.05, 0.1) is 0 Å². The lowest BCUT2D eigenvalue weighted by atomic mass is 10.00. The average molecular weight is 225 g/mol. The van der Waals surface area contributed by atoms with Crippen LogP contribution in [0.5, 0.6) is 0 Å². The maximum Gasteiger partial charge on any atom is 0.0406 e. The first-order chi connectivity index (χ1) is 7.35. The number of nitrogens with one attached hydrogen (secondary N) is 1. The van der Waals surface area contributed by atoms with Crippen molar-refractivity contribution in [1.29, 1.82) is 0 Å². The van der Waals surface area contributed by atoms with E-state index < -0.39 is 0 Å². The van der Waals surface area contributed by atoms with Gasteiger partial charge in [-0.05, 0) is 30.5 Å². The zero-order valence-corrected chi connectivity index (χ0v) is 9.63. The van der Waals surface area contributed by atoms with Gasteiger partial charge < -0.3 is 5.32 Å². The van der Waals surface area contributed by atoms with Crippen LogP contribution in [-0.4, -0.2) is 16.4 Å². The van der Waals surface area contributed by atoms with E-state index in [9.17, 15) is 0 Å². The first-order valence-electron chi connectivity index (χ1n) is 5.55. The van der Waals surface area contributed by atoms with Crippen molar-refractivity contribution in [2.24, 2.45) is 0 Å². The van der Waals surface area contributed by atoms with Gasteiger partial charge in [-0.1, -0.05) is 12.8 Å². The molecule has 0 aromatic carbocycles. The standard InChI is InChI=1S/C12H17ClN2/c13-10-12(5-1-2-6-12)15-9-11-3-7-14-8-4-11/h3-4,7-8,15H,1-2,5-6,9-10H2. The van der Waals surface area contributed by atoms with E-state index in [-0.39, 0.29) is 5.54 Å². The highest BCUT2D eigenvalue weighted by Gasteiger charge is 2.31. The van der Waals surface area contributed by atoms with Crippen molar-refractivity contribution >= 4 is 11.6 Å². The third-order valence-electron chi connectivity index (χ3n) is 3.23. The molecule has 1 fully saturated rings. The van der Waals surface area contributed by atoms with Crippen LogP contribution in [0.4, 0.5) is 0 Å². The lowest BCUT2D eigenvalue weighted by molar-refractivity contribution is 0.368. The molecule has 0 aliphatic heterocycles. The van der Waals surface area contributed by atoms with Gasteiger partial charge in [0.2, 0.25) is 0 Å². The van der Waals surface area contributed by atoms with Gasteiger partial charge in [-0.2, -0.15) is 0 Å². The fraction of sp³-hybridized carbons (Fsp3) is 0.583. The summed E-state index contributed by atoms with van der Waals surface area (Å²) in [4.78, 5) is 4.01. The molecule has 15 heavy (non-hydrogen) atoms. The Morgan fingerprint density at radius 3 is 2.53 bits per heavy atom. The van der Waals surface area contributed by atoms with Crippen LogP contribution in [0.2, 0.25) is 0 Å². The molecule has 0 radical (unpaired) electrons. The van der Waals surface area contributed by atoms with Crippen LogP contribution in [-0.2, 0) is 6.54 Å². The fourth-order valence-corrected chi connectivity index (χ4v) is 2.56. The molecule has 0 unspecified atom stereocenters. The van der Waals surface area contributed by atoms with Gasteiger partial charge in [0.25, 0.3) is 0 Å². The minimum atomic E-state index is 0.185. The zero-order chi connectivity index (χ0) is 10.6.